The van der Waals surface area contributed by atoms with E-state index < -0.39 is 42.1 Å². The van der Waals surface area contributed by atoms with E-state index >= 15 is 0 Å². The number of hydrogen-bond donors (Lipinski definition) is 0. The molecule has 0 unspecified atom stereocenters. The molecule has 0 atom stereocenters. The Bertz CT molecular complexity index is 1400. The highest BCUT2D eigenvalue weighted by Gasteiger charge is 2.15. The van der Waals surface area contributed by atoms with Crippen molar-refractivity contribution in [3.8, 4) is 34.2 Å². The van der Waals surface area contributed by atoms with Crippen LogP contribution in [0.25, 0.3) is 34.2 Å². The van der Waals surface area contributed by atoms with Gasteiger partial charge in [0.15, 0.2) is 17.5 Å². The normalized spacial score (nSPS) is 15.0. The molecule has 0 saturated heterocycles. The van der Waals surface area contributed by atoms with E-state index in [0.29, 0.717) is 0 Å². The molecule has 4 aromatic rings. The number of aromatic nitrogens is 3. The lowest BCUT2D eigenvalue weighted by molar-refractivity contribution is 0.630. The van der Waals surface area contributed by atoms with Crippen LogP contribution in [0.2, 0.25) is 5.02 Å². The van der Waals surface area contributed by atoms with Gasteiger partial charge in [0, 0.05) is 16.1 Å². The summed E-state index contributed by atoms with van der Waals surface area (Å²) in [5, 5.41) is 0.183. The van der Waals surface area contributed by atoms with Crippen molar-refractivity contribution >= 4 is 11.6 Å². The second-order valence-electron chi connectivity index (χ2n) is 5.09. The van der Waals surface area contributed by atoms with Crippen LogP contribution in [0.5, 0.6) is 0 Å². The van der Waals surface area contributed by atoms with Crippen molar-refractivity contribution in [2.75, 3.05) is 0 Å². The summed E-state index contributed by atoms with van der Waals surface area (Å²) >= 11 is 6.01. The fourth-order valence-corrected chi connectivity index (χ4v) is 2.38. The fourth-order valence-electron chi connectivity index (χ4n) is 2.21. The van der Waals surface area contributed by atoms with Gasteiger partial charge in [0.1, 0.15) is 5.82 Å². The van der Waals surface area contributed by atoms with Gasteiger partial charge in [-0.3, -0.25) is 0 Å². The molecule has 1 aromatic heterocycles. The molecule has 4 rings (SSSR count). The maximum atomic E-state index is 14.6. The first-order valence-electron chi connectivity index (χ1n) is 11.4. The Morgan fingerprint density at radius 2 is 1.31 bits per heavy atom. The molecule has 0 fully saturated rings. The predicted molar refractivity (Wildman–Crippen MR) is 101 cm³/mol. The molecule has 0 amide bonds. The van der Waals surface area contributed by atoms with Gasteiger partial charge < -0.3 is 0 Å². The van der Waals surface area contributed by atoms with E-state index in [4.69, 9.17) is 22.6 Å². The second kappa shape index (κ2) is 7.02. The number of benzene rings is 3. The van der Waals surface area contributed by atoms with Gasteiger partial charge in [-0.2, -0.15) is 0 Å². The molecule has 1 heterocycles. The standard InChI is InChI=1S/C21H13ClFN3/c22-16-11-12-18(23)17(13-16)21-25-19(14-7-3-1-4-8-14)24-20(26-21)15-9-5-2-6-10-15/h1-13H/i1D,2D,3D,4D,5D,6D,7D,9D. The summed E-state index contributed by atoms with van der Waals surface area (Å²) in [6, 6.07) is 2.39. The van der Waals surface area contributed by atoms with Crippen LogP contribution in [0.1, 0.15) is 11.0 Å². The van der Waals surface area contributed by atoms with Crippen molar-refractivity contribution in [3.05, 3.63) is 89.5 Å². The maximum absolute atomic E-state index is 14.6. The zero-order chi connectivity index (χ0) is 24.9. The van der Waals surface area contributed by atoms with Gasteiger partial charge in [-0.05, 0) is 18.2 Å². The minimum atomic E-state index is -0.725. The molecule has 3 nitrogen and oxygen atoms in total. The number of hydrogen-bond acceptors (Lipinski definition) is 3. The first-order valence-corrected chi connectivity index (χ1v) is 7.74. The highest BCUT2D eigenvalue weighted by atomic mass is 35.5. The topological polar surface area (TPSA) is 38.7 Å². The molecule has 0 saturated carbocycles. The summed E-state index contributed by atoms with van der Waals surface area (Å²) < 4.78 is 78.3. The molecule has 3 aromatic carbocycles. The average molecular weight is 370 g/mol. The van der Waals surface area contributed by atoms with Crippen LogP contribution in [0.4, 0.5) is 4.39 Å². The van der Waals surface area contributed by atoms with Gasteiger partial charge in [0.2, 0.25) is 0 Å². The third-order valence-corrected chi connectivity index (χ3v) is 3.62. The fraction of sp³-hybridized carbons (Fsp3) is 0. The van der Waals surface area contributed by atoms with E-state index in [1.165, 1.54) is 12.1 Å². The highest BCUT2D eigenvalue weighted by molar-refractivity contribution is 6.30. The summed E-state index contributed by atoms with van der Waals surface area (Å²) in [6.07, 6.45) is 0. The second-order valence-corrected chi connectivity index (χ2v) is 5.52. The van der Waals surface area contributed by atoms with Crippen molar-refractivity contribution in [1.29, 1.82) is 0 Å². The van der Waals surface area contributed by atoms with Crippen LogP contribution in [-0.4, -0.2) is 15.0 Å². The monoisotopic (exact) mass is 369 g/mol. The van der Waals surface area contributed by atoms with E-state index in [2.05, 4.69) is 15.0 Å². The summed E-state index contributed by atoms with van der Waals surface area (Å²) in [5.41, 5.74) is -0.322. The first kappa shape index (κ1) is 9.55. The van der Waals surface area contributed by atoms with Gasteiger partial charge in [-0.25, -0.2) is 19.3 Å². The van der Waals surface area contributed by atoms with Crippen molar-refractivity contribution in [3.63, 3.8) is 0 Å². The minimum absolute atomic E-state index is 0.0980. The third kappa shape index (κ3) is 3.32. The highest BCUT2D eigenvalue weighted by Crippen LogP contribution is 2.27. The molecule has 26 heavy (non-hydrogen) atoms. The van der Waals surface area contributed by atoms with Crippen molar-refractivity contribution in [2.45, 2.75) is 0 Å². The first-order chi connectivity index (χ1) is 16.0. The quantitative estimate of drug-likeness (QED) is 0.467. The van der Waals surface area contributed by atoms with Gasteiger partial charge in [0.05, 0.1) is 16.5 Å². The molecule has 126 valence electrons. The zero-order valence-electron chi connectivity index (χ0n) is 21.0. The van der Waals surface area contributed by atoms with Crippen LogP contribution in [0, 0.1) is 5.82 Å². The molecule has 0 bridgehead atoms. The minimum Gasteiger partial charge on any atom is -0.208 e. The van der Waals surface area contributed by atoms with E-state index in [-0.39, 0.29) is 51.3 Å². The molecule has 0 N–H and O–H groups in total. The Balaban J connectivity index is 2.08. The predicted octanol–water partition coefficient (Wildman–Crippen LogP) is 5.67. The lowest BCUT2D eigenvalue weighted by atomic mass is 10.1. The van der Waals surface area contributed by atoms with Crippen LogP contribution < -0.4 is 0 Å². The van der Waals surface area contributed by atoms with Crippen molar-refractivity contribution in [2.24, 2.45) is 0 Å². The summed E-state index contributed by atoms with van der Waals surface area (Å²) in [5.74, 6) is -1.44. The van der Waals surface area contributed by atoms with Gasteiger partial charge >= 0.3 is 0 Å². The largest absolute Gasteiger partial charge is 0.208 e. The van der Waals surface area contributed by atoms with Crippen molar-refractivity contribution in [1.82, 2.24) is 15.0 Å². The molecular formula is C21H13ClFN3. The Labute approximate surface area is 166 Å². The van der Waals surface area contributed by atoms with Crippen LogP contribution in [0.15, 0.2) is 78.7 Å². The Morgan fingerprint density at radius 3 is 1.92 bits per heavy atom. The molecule has 0 spiro atoms. The van der Waals surface area contributed by atoms with Gasteiger partial charge in [0.25, 0.3) is 0 Å². The molecule has 0 aliphatic heterocycles. The maximum Gasteiger partial charge on any atom is 0.167 e. The Morgan fingerprint density at radius 1 is 0.731 bits per heavy atom. The molecular weight excluding hydrogens is 349 g/mol. The Kier molecular flexibility index (Phi) is 2.58. The van der Waals surface area contributed by atoms with Gasteiger partial charge in [-0.15, -0.1) is 0 Å². The molecule has 5 heteroatoms. The number of halogens is 2. The lowest BCUT2D eigenvalue weighted by Gasteiger charge is -2.09. The summed E-state index contributed by atoms with van der Waals surface area (Å²) in [6.45, 7) is 0. The third-order valence-electron chi connectivity index (χ3n) is 3.38. The molecule has 0 radical (unpaired) electrons. The summed E-state index contributed by atoms with van der Waals surface area (Å²) in [7, 11) is 0. The zero-order valence-corrected chi connectivity index (χ0v) is 13.7. The lowest BCUT2D eigenvalue weighted by Crippen LogP contribution is -2.01. The average Bonchev–Trinajstić information content (AvgIpc) is 2.82. The Hall–Kier alpha value is -3.11. The van der Waals surface area contributed by atoms with Gasteiger partial charge in [-0.1, -0.05) is 72.1 Å². The SMILES string of the molecule is [2H]c1cc(-c2nc(-c3cc(Cl)ccc3F)nc(-c3cc([2H])c([2H])c([2H])c3[2H])n2)c([2H])c([2H])c1[2H]. The van der Waals surface area contributed by atoms with Crippen LogP contribution >= 0.6 is 11.6 Å². The molecule has 0 aliphatic carbocycles. The van der Waals surface area contributed by atoms with Crippen molar-refractivity contribution < 1.29 is 15.4 Å². The smallest absolute Gasteiger partial charge is 0.167 e. The van der Waals surface area contributed by atoms with Crippen LogP contribution in [0.3, 0.4) is 0 Å². The van der Waals surface area contributed by atoms with E-state index in [0.717, 1.165) is 18.2 Å². The summed E-state index contributed by atoms with van der Waals surface area (Å²) in [4.78, 5) is 12.6. The molecule has 0 aliphatic rings. The number of rotatable bonds is 3. The van der Waals surface area contributed by atoms with E-state index in [9.17, 15) is 4.39 Å². The van der Waals surface area contributed by atoms with E-state index in [1.54, 1.807) is 0 Å². The number of nitrogens with zero attached hydrogens (tertiary/aromatic N) is 3. The van der Waals surface area contributed by atoms with Crippen LogP contribution in [-0.2, 0) is 0 Å². The van der Waals surface area contributed by atoms with E-state index in [1.807, 2.05) is 0 Å².